The molecule has 0 aliphatic heterocycles. The Morgan fingerprint density at radius 1 is 1.17 bits per heavy atom. The molecular formula is C16H22N2O5. The molecule has 0 aromatic heterocycles. The van der Waals surface area contributed by atoms with E-state index in [2.05, 4.69) is 10.6 Å². The van der Waals surface area contributed by atoms with Crippen LogP contribution in [0.5, 0.6) is 0 Å². The van der Waals surface area contributed by atoms with Gasteiger partial charge in [-0.3, -0.25) is 10.1 Å². The molecule has 1 atom stereocenters. The highest BCUT2D eigenvalue weighted by Crippen LogP contribution is 2.09. The van der Waals surface area contributed by atoms with Crippen LogP contribution in [0.1, 0.15) is 36.7 Å². The Morgan fingerprint density at radius 2 is 1.87 bits per heavy atom. The Kier molecular flexibility index (Phi) is 7.21. The van der Waals surface area contributed by atoms with Crippen molar-refractivity contribution in [3.63, 3.8) is 0 Å². The van der Waals surface area contributed by atoms with Crippen LogP contribution in [0.3, 0.4) is 0 Å². The molecule has 0 aliphatic carbocycles. The molecule has 7 nitrogen and oxygen atoms in total. The summed E-state index contributed by atoms with van der Waals surface area (Å²) in [5.41, 5.74) is 1.13. The zero-order valence-electron chi connectivity index (χ0n) is 13.7. The van der Waals surface area contributed by atoms with Crippen molar-refractivity contribution in [2.24, 2.45) is 0 Å². The molecule has 3 amide bonds. The van der Waals surface area contributed by atoms with Crippen molar-refractivity contribution in [3.8, 4) is 0 Å². The molecule has 7 heteroatoms. The molecule has 0 aliphatic rings. The highest BCUT2D eigenvalue weighted by atomic mass is 16.5. The number of amides is 3. The monoisotopic (exact) mass is 322 g/mol. The van der Waals surface area contributed by atoms with Crippen LogP contribution in [-0.2, 0) is 20.9 Å². The topological polar surface area (TPSA) is 93.7 Å². The Labute approximate surface area is 135 Å². The zero-order chi connectivity index (χ0) is 17.4. The predicted molar refractivity (Wildman–Crippen MR) is 83.8 cm³/mol. The fraction of sp³-hybridized carbons (Fsp3) is 0.438. The quantitative estimate of drug-likeness (QED) is 0.776. The SMILES string of the molecule is COCc1cccc(C(=O)O[C@@H](C)C(=O)NC(=O)NC(C)C)c1. The van der Waals surface area contributed by atoms with Crippen LogP contribution in [0, 0.1) is 0 Å². The number of benzene rings is 1. The zero-order valence-corrected chi connectivity index (χ0v) is 13.7. The molecule has 1 aromatic carbocycles. The maximum Gasteiger partial charge on any atom is 0.338 e. The van der Waals surface area contributed by atoms with Crippen molar-refractivity contribution in [1.29, 1.82) is 0 Å². The van der Waals surface area contributed by atoms with Gasteiger partial charge in [0, 0.05) is 13.2 Å². The highest BCUT2D eigenvalue weighted by molar-refractivity contribution is 5.98. The molecule has 0 fully saturated rings. The lowest BCUT2D eigenvalue weighted by Crippen LogP contribution is -2.46. The lowest BCUT2D eigenvalue weighted by atomic mass is 10.1. The van der Waals surface area contributed by atoms with E-state index in [4.69, 9.17) is 9.47 Å². The van der Waals surface area contributed by atoms with Gasteiger partial charge in [0.2, 0.25) is 0 Å². The summed E-state index contributed by atoms with van der Waals surface area (Å²) < 4.78 is 10.1. The summed E-state index contributed by atoms with van der Waals surface area (Å²) in [6.45, 7) is 5.29. The lowest BCUT2D eigenvalue weighted by molar-refractivity contribution is -0.127. The summed E-state index contributed by atoms with van der Waals surface area (Å²) in [4.78, 5) is 35.3. The summed E-state index contributed by atoms with van der Waals surface area (Å²) in [7, 11) is 1.56. The Morgan fingerprint density at radius 3 is 2.48 bits per heavy atom. The van der Waals surface area contributed by atoms with Crippen LogP contribution in [0.25, 0.3) is 0 Å². The standard InChI is InChI=1S/C16H22N2O5/c1-10(2)17-16(21)18-14(19)11(3)23-15(20)13-7-5-6-12(8-13)9-22-4/h5-8,10-11H,9H2,1-4H3,(H2,17,18,19,21)/t11-/m0/s1. The second-order valence-electron chi connectivity index (χ2n) is 5.30. The molecular weight excluding hydrogens is 300 g/mol. The van der Waals surface area contributed by atoms with Gasteiger partial charge in [-0.1, -0.05) is 12.1 Å². The van der Waals surface area contributed by atoms with Crippen molar-refractivity contribution >= 4 is 17.9 Å². The minimum atomic E-state index is -1.09. The summed E-state index contributed by atoms with van der Waals surface area (Å²) in [6, 6.07) is 5.98. The lowest BCUT2D eigenvalue weighted by Gasteiger charge is -2.14. The molecule has 126 valence electrons. The van der Waals surface area contributed by atoms with Gasteiger partial charge in [0.05, 0.1) is 12.2 Å². The number of esters is 1. The third-order valence-corrected chi connectivity index (χ3v) is 2.78. The first-order valence-electron chi connectivity index (χ1n) is 7.23. The fourth-order valence-electron chi connectivity index (χ4n) is 1.75. The number of hydrogen-bond donors (Lipinski definition) is 2. The van der Waals surface area contributed by atoms with E-state index < -0.39 is 24.0 Å². The number of nitrogens with one attached hydrogen (secondary N) is 2. The van der Waals surface area contributed by atoms with Crippen molar-refractivity contribution in [2.75, 3.05) is 7.11 Å². The third kappa shape index (κ3) is 6.48. The Balaban J connectivity index is 2.60. The largest absolute Gasteiger partial charge is 0.449 e. The number of hydrogen-bond acceptors (Lipinski definition) is 5. The fourth-order valence-corrected chi connectivity index (χ4v) is 1.75. The number of carbonyl (C=O) groups is 3. The van der Waals surface area contributed by atoms with Gasteiger partial charge in [0.25, 0.3) is 5.91 Å². The summed E-state index contributed by atoms with van der Waals surface area (Å²) >= 11 is 0. The third-order valence-electron chi connectivity index (χ3n) is 2.78. The van der Waals surface area contributed by atoms with Crippen LogP contribution in [0.15, 0.2) is 24.3 Å². The molecule has 0 spiro atoms. The molecule has 0 heterocycles. The molecule has 2 N–H and O–H groups in total. The van der Waals surface area contributed by atoms with E-state index in [-0.39, 0.29) is 6.04 Å². The van der Waals surface area contributed by atoms with Gasteiger partial charge in [-0.2, -0.15) is 0 Å². The summed E-state index contributed by atoms with van der Waals surface area (Å²) in [6.07, 6.45) is -1.09. The first-order chi connectivity index (χ1) is 10.8. The van der Waals surface area contributed by atoms with Crippen molar-refractivity contribution in [2.45, 2.75) is 39.5 Å². The van der Waals surface area contributed by atoms with Gasteiger partial charge >= 0.3 is 12.0 Å². The number of imide groups is 1. The van der Waals surface area contributed by atoms with E-state index in [1.165, 1.54) is 6.92 Å². The van der Waals surface area contributed by atoms with E-state index in [9.17, 15) is 14.4 Å². The first kappa shape index (κ1) is 18.6. The van der Waals surface area contributed by atoms with Crippen molar-refractivity contribution in [1.82, 2.24) is 10.6 Å². The van der Waals surface area contributed by atoms with E-state index in [1.54, 1.807) is 39.2 Å². The molecule has 0 unspecified atom stereocenters. The van der Waals surface area contributed by atoms with Crippen LogP contribution in [-0.4, -0.2) is 37.2 Å². The van der Waals surface area contributed by atoms with E-state index in [0.717, 1.165) is 5.56 Å². The molecule has 1 aromatic rings. The molecule has 0 radical (unpaired) electrons. The van der Waals surface area contributed by atoms with E-state index in [0.29, 0.717) is 12.2 Å². The second kappa shape index (κ2) is 8.89. The summed E-state index contributed by atoms with van der Waals surface area (Å²) in [5.74, 6) is -1.33. The number of methoxy groups -OCH3 is 1. The Bertz CT molecular complexity index is 571. The van der Waals surface area contributed by atoms with Crippen molar-refractivity contribution in [3.05, 3.63) is 35.4 Å². The predicted octanol–water partition coefficient (Wildman–Crippen LogP) is 1.61. The van der Waals surface area contributed by atoms with Gasteiger partial charge in [0.15, 0.2) is 6.10 Å². The van der Waals surface area contributed by atoms with E-state index >= 15 is 0 Å². The minimum Gasteiger partial charge on any atom is -0.449 e. The van der Waals surface area contributed by atoms with Gasteiger partial charge in [-0.25, -0.2) is 9.59 Å². The first-order valence-corrected chi connectivity index (χ1v) is 7.23. The number of rotatable bonds is 6. The van der Waals surface area contributed by atoms with Gasteiger partial charge in [0.1, 0.15) is 0 Å². The van der Waals surface area contributed by atoms with Crippen LogP contribution < -0.4 is 10.6 Å². The van der Waals surface area contributed by atoms with Crippen LogP contribution in [0.4, 0.5) is 4.79 Å². The highest BCUT2D eigenvalue weighted by Gasteiger charge is 2.21. The maximum atomic E-state index is 12.0. The molecule has 0 saturated carbocycles. The molecule has 23 heavy (non-hydrogen) atoms. The average Bonchev–Trinajstić information content (AvgIpc) is 2.46. The van der Waals surface area contributed by atoms with Crippen LogP contribution >= 0.6 is 0 Å². The van der Waals surface area contributed by atoms with Crippen molar-refractivity contribution < 1.29 is 23.9 Å². The second-order valence-corrected chi connectivity index (χ2v) is 5.30. The smallest absolute Gasteiger partial charge is 0.338 e. The normalized spacial score (nSPS) is 11.7. The average molecular weight is 322 g/mol. The number of urea groups is 1. The van der Waals surface area contributed by atoms with Crippen LogP contribution in [0.2, 0.25) is 0 Å². The molecule has 1 rings (SSSR count). The van der Waals surface area contributed by atoms with E-state index in [1.807, 2.05) is 6.07 Å². The summed E-state index contributed by atoms with van der Waals surface area (Å²) in [5, 5.41) is 4.62. The van der Waals surface area contributed by atoms with Gasteiger partial charge in [-0.15, -0.1) is 0 Å². The molecule has 0 saturated heterocycles. The molecule has 0 bridgehead atoms. The minimum absolute atomic E-state index is 0.107. The van der Waals surface area contributed by atoms with Gasteiger partial charge < -0.3 is 14.8 Å². The number of carbonyl (C=O) groups excluding carboxylic acids is 3. The number of ether oxygens (including phenoxy) is 2. The van der Waals surface area contributed by atoms with Gasteiger partial charge in [-0.05, 0) is 38.5 Å². The maximum absolute atomic E-state index is 12.0. The Hall–Kier alpha value is -2.41.